The van der Waals surface area contributed by atoms with Gasteiger partial charge in [0.1, 0.15) is 0 Å². The fourth-order valence-electron chi connectivity index (χ4n) is 6.28. The third-order valence-electron chi connectivity index (χ3n) is 8.08. The number of primary amides is 1. The molecule has 13 heteroatoms. The topological polar surface area (TPSA) is 143 Å². The lowest BCUT2D eigenvalue weighted by Crippen LogP contribution is -2.46. The summed E-state index contributed by atoms with van der Waals surface area (Å²) in [7, 11) is 2.08. The maximum Gasteiger partial charge on any atom is 0.271 e. The van der Waals surface area contributed by atoms with Crippen molar-refractivity contribution >= 4 is 40.4 Å². The number of amides is 1. The van der Waals surface area contributed by atoms with Crippen molar-refractivity contribution in [3.63, 3.8) is 0 Å². The number of nitrogens with two attached hydrogens (primary N) is 1. The Morgan fingerprint density at radius 2 is 2.05 bits per heavy atom. The molecule has 3 aliphatic rings. The average molecular weight is 533 g/mol. The first-order chi connectivity index (χ1) is 17.7. The van der Waals surface area contributed by atoms with Crippen LogP contribution in [0, 0.1) is 39.6 Å². The van der Waals surface area contributed by atoms with Crippen LogP contribution in [-0.2, 0) is 4.79 Å². The van der Waals surface area contributed by atoms with E-state index >= 15 is 0 Å². The predicted molar refractivity (Wildman–Crippen MR) is 138 cm³/mol. The highest BCUT2D eigenvalue weighted by Crippen LogP contribution is 2.53. The molecule has 1 aliphatic heterocycles. The number of carbonyl (C=O) groups excluding carboxylic acids is 1. The molecule has 5 rings (SSSR count). The van der Waals surface area contributed by atoms with E-state index in [0.29, 0.717) is 12.2 Å². The molecule has 11 nitrogen and oxygen atoms in total. The number of likely N-dealkylation sites (N-methyl/N-ethyl adjacent to an activating group) is 1. The van der Waals surface area contributed by atoms with Crippen LogP contribution in [0.3, 0.4) is 0 Å². The van der Waals surface area contributed by atoms with Crippen LogP contribution in [0.15, 0.2) is 24.4 Å². The predicted octanol–water partition coefficient (Wildman–Crippen LogP) is 2.58. The smallest absolute Gasteiger partial charge is 0.271 e. The SMILES string of the molecule is CN1CCN(c2ccc([N+](=O)[O-])cc2NC[C@@H]2C[C@@H]3C[C@H]2[C@@H](Nc2nc(Cl)ncc2F)[C@H]3C(N)=O)CC1. The number of hydrogen-bond donors (Lipinski definition) is 3. The summed E-state index contributed by atoms with van der Waals surface area (Å²) < 4.78 is 14.4. The Balaban J connectivity index is 1.35. The molecule has 2 aliphatic carbocycles. The van der Waals surface area contributed by atoms with E-state index in [1.54, 1.807) is 6.07 Å². The Labute approximate surface area is 218 Å². The van der Waals surface area contributed by atoms with E-state index in [2.05, 4.69) is 37.4 Å². The number of nitrogens with one attached hydrogen (secondary N) is 2. The van der Waals surface area contributed by atoms with Gasteiger partial charge in [0, 0.05) is 50.9 Å². The summed E-state index contributed by atoms with van der Waals surface area (Å²) >= 11 is 5.86. The van der Waals surface area contributed by atoms with Gasteiger partial charge in [0.2, 0.25) is 11.2 Å². The van der Waals surface area contributed by atoms with Crippen LogP contribution in [0.1, 0.15) is 12.8 Å². The van der Waals surface area contributed by atoms with Gasteiger partial charge < -0.3 is 26.2 Å². The normalized spacial score (nSPS) is 27.3. The molecular weight excluding hydrogens is 503 g/mol. The number of non-ortho nitro benzene ring substituents is 1. The second-order valence-electron chi connectivity index (χ2n) is 10.2. The zero-order valence-corrected chi connectivity index (χ0v) is 21.2. The van der Waals surface area contributed by atoms with E-state index in [9.17, 15) is 19.3 Å². The number of rotatable bonds is 8. The van der Waals surface area contributed by atoms with Gasteiger partial charge in [0.05, 0.1) is 28.4 Å². The van der Waals surface area contributed by atoms with Crippen molar-refractivity contribution in [2.45, 2.75) is 18.9 Å². The Hall–Kier alpha value is -3.25. The van der Waals surface area contributed by atoms with Crippen LogP contribution in [0.2, 0.25) is 5.28 Å². The Morgan fingerprint density at radius 3 is 2.76 bits per heavy atom. The highest BCUT2D eigenvalue weighted by atomic mass is 35.5. The first kappa shape index (κ1) is 25.4. The van der Waals surface area contributed by atoms with Crippen LogP contribution in [0.4, 0.5) is 27.3 Å². The van der Waals surface area contributed by atoms with Gasteiger partial charge in [-0.05, 0) is 55.3 Å². The van der Waals surface area contributed by atoms with Gasteiger partial charge in [-0.1, -0.05) is 0 Å². The third kappa shape index (κ3) is 5.12. The van der Waals surface area contributed by atoms with E-state index < -0.39 is 28.6 Å². The largest absolute Gasteiger partial charge is 0.383 e. The van der Waals surface area contributed by atoms with Crippen molar-refractivity contribution in [1.29, 1.82) is 0 Å². The van der Waals surface area contributed by atoms with Crippen LogP contribution in [0.25, 0.3) is 0 Å². The standard InChI is InChI=1S/C24H30ClFN8O3/c1-32-4-6-33(7-5-32)19-3-2-15(34(36)37)10-18(19)28-11-14-8-13-9-16(14)21(20(13)22(27)35)30-23-17(26)12-29-24(25)31-23/h2-3,10,12-14,16,20-21,28H,4-9,11H2,1H3,(H2,27,35)(H,29,30,31)/t13-,14+,16-,20+,21-/m1/s1. The van der Waals surface area contributed by atoms with Crippen LogP contribution < -0.4 is 21.3 Å². The number of aromatic nitrogens is 2. The fraction of sp³-hybridized carbons (Fsp3) is 0.542. The molecule has 1 aromatic heterocycles. The molecule has 0 unspecified atom stereocenters. The zero-order valence-electron chi connectivity index (χ0n) is 20.4. The maximum atomic E-state index is 14.4. The number of anilines is 3. The second-order valence-corrected chi connectivity index (χ2v) is 10.6. The lowest BCUT2D eigenvalue weighted by molar-refractivity contribution is -0.384. The summed E-state index contributed by atoms with van der Waals surface area (Å²) in [5.74, 6) is -1.33. The summed E-state index contributed by atoms with van der Waals surface area (Å²) in [4.78, 5) is 35.5. The van der Waals surface area contributed by atoms with Crippen molar-refractivity contribution in [1.82, 2.24) is 14.9 Å². The summed E-state index contributed by atoms with van der Waals surface area (Å²) in [5.41, 5.74) is 7.42. The van der Waals surface area contributed by atoms with E-state index in [0.717, 1.165) is 50.9 Å². The number of nitro groups is 1. The molecule has 1 saturated heterocycles. The first-order valence-electron chi connectivity index (χ1n) is 12.4. The van der Waals surface area contributed by atoms with E-state index in [-0.39, 0.29) is 34.5 Å². The molecule has 1 amide bonds. The van der Waals surface area contributed by atoms with Crippen molar-refractivity contribution < 1.29 is 14.1 Å². The Bertz CT molecular complexity index is 1190. The number of hydrogen-bond acceptors (Lipinski definition) is 9. The zero-order chi connectivity index (χ0) is 26.3. The van der Waals surface area contributed by atoms with Gasteiger partial charge in [-0.25, -0.2) is 9.37 Å². The van der Waals surface area contributed by atoms with Crippen molar-refractivity contribution in [2.75, 3.05) is 55.3 Å². The molecule has 198 valence electrons. The molecule has 3 fully saturated rings. The number of nitro benzene ring substituents is 1. The van der Waals surface area contributed by atoms with Crippen LogP contribution in [-0.4, -0.2) is 71.5 Å². The molecule has 2 heterocycles. The monoisotopic (exact) mass is 532 g/mol. The molecule has 37 heavy (non-hydrogen) atoms. The van der Waals surface area contributed by atoms with Gasteiger partial charge in [-0.15, -0.1) is 0 Å². The van der Waals surface area contributed by atoms with Gasteiger partial charge >= 0.3 is 0 Å². The van der Waals surface area contributed by atoms with Crippen molar-refractivity contribution in [3.8, 4) is 0 Å². The van der Waals surface area contributed by atoms with E-state index in [1.165, 1.54) is 6.07 Å². The Kier molecular flexibility index (Phi) is 7.04. The van der Waals surface area contributed by atoms with Crippen molar-refractivity contribution in [2.24, 2.45) is 29.4 Å². The quantitative estimate of drug-likeness (QED) is 0.265. The minimum Gasteiger partial charge on any atom is -0.383 e. The number of benzene rings is 1. The second kappa shape index (κ2) is 10.3. The molecule has 2 bridgehead atoms. The van der Waals surface area contributed by atoms with E-state index in [4.69, 9.17) is 17.3 Å². The fourth-order valence-corrected chi connectivity index (χ4v) is 6.42. The summed E-state index contributed by atoms with van der Waals surface area (Å²) in [6.07, 6.45) is 2.55. The third-order valence-corrected chi connectivity index (χ3v) is 8.26. The molecule has 0 spiro atoms. The van der Waals surface area contributed by atoms with E-state index in [1.807, 2.05) is 6.07 Å². The lowest BCUT2D eigenvalue weighted by atomic mass is 9.77. The summed E-state index contributed by atoms with van der Waals surface area (Å²) in [5, 5.41) is 17.9. The van der Waals surface area contributed by atoms with Gasteiger partial charge in [0.25, 0.3) is 5.69 Å². The molecule has 1 aromatic carbocycles. The number of halogens is 2. The summed E-state index contributed by atoms with van der Waals surface area (Å²) in [6, 6.07) is 4.53. The van der Waals surface area contributed by atoms with Crippen molar-refractivity contribution in [3.05, 3.63) is 45.6 Å². The van der Waals surface area contributed by atoms with Crippen LogP contribution >= 0.6 is 11.6 Å². The highest BCUT2D eigenvalue weighted by molar-refractivity contribution is 6.28. The van der Waals surface area contributed by atoms with Gasteiger partial charge in [-0.3, -0.25) is 14.9 Å². The molecule has 5 atom stereocenters. The maximum absolute atomic E-state index is 14.4. The number of piperazine rings is 1. The van der Waals surface area contributed by atoms with Crippen LogP contribution in [0.5, 0.6) is 0 Å². The van der Waals surface area contributed by atoms with Gasteiger partial charge in [-0.2, -0.15) is 4.98 Å². The molecular formula is C24H30ClFN8O3. The summed E-state index contributed by atoms with van der Waals surface area (Å²) in [6.45, 7) is 4.04. The Morgan fingerprint density at radius 1 is 1.30 bits per heavy atom. The minimum absolute atomic E-state index is 0.0257. The minimum atomic E-state index is -0.654. The lowest BCUT2D eigenvalue weighted by Gasteiger charge is -2.37. The number of carbonyl (C=O) groups is 1. The highest BCUT2D eigenvalue weighted by Gasteiger charge is 2.54. The molecule has 2 aromatic rings. The molecule has 0 radical (unpaired) electrons. The molecule has 4 N–H and O–H groups in total. The number of nitrogens with zero attached hydrogens (tertiary/aromatic N) is 5. The molecule has 2 saturated carbocycles. The first-order valence-corrected chi connectivity index (χ1v) is 12.8. The average Bonchev–Trinajstić information content (AvgIpc) is 3.43. The van der Waals surface area contributed by atoms with Gasteiger partial charge in [0.15, 0.2) is 11.6 Å². The number of fused-ring (bicyclic) bond motifs is 2.